The van der Waals surface area contributed by atoms with Gasteiger partial charge >= 0.3 is 0 Å². The first kappa shape index (κ1) is 24.0. The first-order valence-corrected chi connectivity index (χ1v) is 12.2. The van der Waals surface area contributed by atoms with E-state index in [4.69, 9.17) is 22.8 Å². The molecule has 2 heterocycles. The Morgan fingerprint density at radius 3 is 2.67 bits per heavy atom. The van der Waals surface area contributed by atoms with Crippen molar-refractivity contribution in [2.45, 2.75) is 12.2 Å². The molecule has 5 rings (SSSR count). The molecule has 176 valence electrons. The Balaban J connectivity index is 1.85. The molecule has 0 saturated heterocycles. The van der Waals surface area contributed by atoms with Gasteiger partial charge in [0, 0.05) is 33.6 Å². The number of rotatable bonds is 2. The first-order valence-electron chi connectivity index (χ1n) is 11.0. The van der Waals surface area contributed by atoms with Gasteiger partial charge in [-0.05, 0) is 70.2 Å². The van der Waals surface area contributed by atoms with Crippen molar-refractivity contribution in [3.63, 3.8) is 0 Å². The molecule has 1 N–H and O–H groups in total. The molecule has 0 fully saturated rings. The van der Waals surface area contributed by atoms with E-state index in [1.54, 1.807) is 24.5 Å². The third-order valence-corrected chi connectivity index (χ3v) is 7.25. The Bertz CT molecular complexity index is 1580. The number of ether oxygens (including phenoxy) is 1. The Morgan fingerprint density at radius 1 is 1.14 bits per heavy atom. The summed E-state index contributed by atoms with van der Waals surface area (Å²) in [6.45, 7) is 8.74. The number of aliphatic hydroxyl groups is 1. The fourth-order valence-corrected chi connectivity index (χ4v) is 4.85. The van der Waals surface area contributed by atoms with Crippen LogP contribution in [-0.4, -0.2) is 16.5 Å². The largest absolute Gasteiger partial charge is 0.489 e. The average Bonchev–Trinajstić information content (AvgIpc) is 3.33. The van der Waals surface area contributed by atoms with Gasteiger partial charge in [-0.25, -0.2) is 4.99 Å². The van der Waals surface area contributed by atoms with Crippen LogP contribution in [0.25, 0.3) is 5.57 Å². The molecule has 0 radical (unpaired) electrons. The summed E-state index contributed by atoms with van der Waals surface area (Å²) in [5.41, 5.74) is 4.44. The molecule has 6 bridgehead atoms. The van der Waals surface area contributed by atoms with Crippen LogP contribution < -0.4 is 4.74 Å². The summed E-state index contributed by atoms with van der Waals surface area (Å²) in [5.74, 6) is 3.03. The predicted molar refractivity (Wildman–Crippen MR) is 150 cm³/mol. The number of hydrogen-bond donors (Lipinski definition) is 1. The highest BCUT2D eigenvalue weighted by Gasteiger charge is 2.39. The SMILES string of the molecule is C#CC(Cl)=Nc1ccc2cc1C(=C)c1cccc(c1)OCc1cc(ccc1Br)C2(O)C1=CN=CC1=C. The maximum atomic E-state index is 12.5. The van der Waals surface area contributed by atoms with Crippen molar-refractivity contribution in [1.29, 1.82) is 0 Å². The predicted octanol–water partition coefficient (Wildman–Crippen LogP) is 7.07. The summed E-state index contributed by atoms with van der Waals surface area (Å²) in [6.07, 6.45) is 8.73. The molecule has 3 aromatic carbocycles. The fourth-order valence-electron chi connectivity index (χ4n) is 4.40. The molecule has 3 aromatic rings. The van der Waals surface area contributed by atoms with Gasteiger partial charge in [0.25, 0.3) is 0 Å². The highest BCUT2D eigenvalue weighted by atomic mass is 79.9. The van der Waals surface area contributed by atoms with Crippen molar-refractivity contribution in [1.82, 2.24) is 0 Å². The molecule has 1 unspecified atom stereocenters. The zero-order valence-electron chi connectivity index (χ0n) is 19.1. The summed E-state index contributed by atoms with van der Waals surface area (Å²) in [5, 5.41) is 12.5. The minimum atomic E-state index is -1.57. The summed E-state index contributed by atoms with van der Waals surface area (Å²) in [4.78, 5) is 8.66. The van der Waals surface area contributed by atoms with Crippen LogP contribution in [0.15, 0.2) is 106 Å². The minimum absolute atomic E-state index is 0.0138. The molecule has 36 heavy (non-hydrogen) atoms. The number of aliphatic imine (C=N–C) groups is 2. The van der Waals surface area contributed by atoms with E-state index in [0.717, 1.165) is 15.6 Å². The Morgan fingerprint density at radius 2 is 1.92 bits per heavy atom. The van der Waals surface area contributed by atoms with Crippen molar-refractivity contribution >= 4 is 50.2 Å². The molecule has 0 aliphatic carbocycles. The van der Waals surface area contributed by atoms with Gasteiger partial charge < -0.3 is 9.84 Å². The van der Waals surface area contributed by atoms with E-state index in [-0.39, 0.29) is 5.17 Å². The molecule has 0 spiro atoms. The van der Waals surface area contributed by atoms with E-state index in [9.17, 15) is 5.11 Å². The highest BCUT2D eigenvalue weighted by Crippen LogP contribution is 2.44. The second-order valence-corrected chi connectivity index (χ2v) is 9.65. The fraction of sp³-hybridized carbons (Fsp3) is 0.0667. The number of halogens is 2. The van der Waals surface area contributed by atoms with E-state index in [1.165, 1.54) is 0 Å². The normalized spacial score (nSPS) is 18.9. The zero-order chi connectivity index (χ0) is 25.4. The molecule has 0 aromatic heterocycles. The molecule has 0 saturated carbocycles. The van der Waals surface area contributed by atoms with E-state index in [2.05, 4.69) is 45.0 Å². The van der Waals surface area contributed by atoms with Crippen LogP contribution in [-0.2, 0) is 12.2 Å². The van der Waals surface area contributed by atoms with Crippen LogP contribution in [0.2, 0.25) is 0 Å². The lowest BCUT2D eigenvalue weighted by molar-refractivity contribution is 0.124. The van der Waals surface area contributed by atoms with E-state index < -0.39 is 5.60 Å². The maximum absolute atomic E-state index is 12.5. The average molecular weight is 556 g/mol. The highest BCUT2D eigenvalue weighted by molar-refractivity contribution is 9.10. The lowest BCUT2D eigenvalue weighted by Gasteiger charge is -2.32. The van der Waals surface area contributed by atoms with Gasteiger partial charge in [0.1, 0.15) is 18.0 Å². The van der Waals surface area contributed by atoms with Gasteiger partial charge in [0.15, 0.2) is 5.17 Å². The third-order valence-electron chi connectivity index (χ3n) is 6.29. The number of fused-ring (bicyclic) bond motifs is 6. The quantitative estimate of drug-likeness (QED) is 0.272. The first-order chi connectivity index (χ1) is 17.3. The standard InChI is InChI=1S/C30H20BrClN2O2/c1-4-29(32)34-28-11-9-23-14-25(28)19(3)20-6-5-7-24(13-20)36-17-21-12-22(8-10-27(21)31)30(23,35)26-16-33-15-18(26)2/h1,5-16,35H,2-3,17H2. The van der Waals surface area contributed by atoms with Crippen molar-refractivity contribution < 1.29 is 9.84 Å². The van der Waals surface area contributed by atoms with Gasteiger partial charge in [0.2, 0.25) is 0 Å². The monoisotopic (exact) mass is 554 g/mol. The molecular formula is C30H20BrClN2O2. The number of hydrogen-bond acceptors (Lipinski definition) is 4. The van der Waals surface area contributed by atoms with Crippen LogP contribution >= 0.6 is 27.5 Å². The third kappa shape index (κ3) is 4.14. The number of nitrogens with zero attached hydrogens (tertiary/aromatic N) is 2. The van der Waals surface area contributed by atoms with Gasteiger partial charge in [0.05, 0.1) is 5.69 Å². The maximum Gasteiger partial charge on any atom is 0.180 e. The van der Waals surface area contributed by atoms with Crippen LogP contribution in [0.5, 0.6) is 5.75 Å². The Kier molecular flexibility index (Phi) is 6.27. The van der Waals surface area contributed by atoms with Crippen molar-refractivity contribution in [2.24, 2.45) is 9.98 Å². The van der Waals surface area contributed by atoms with Gasteiger partial charge in [-0.3, -0.25) is 4.99 Å². The molecule has 2 aliphatic rings. The molecular weight excluding hydrogens is 536 g/mol. The second kappa shape index (κ2) is 9.40. The van der Waals surface area contributed by atoms with Crippen molar-refractivity contribution in [2.75, 3.05) is 0 Å². The molecule has 1 atom stereocenters. The zero-order valence-corrected chi connectivity index (χ0v) is 21.5. The van der Waals surface area contributed by atoms with Crippen LogP contribution in [0, 0.1) is 12.3 Å². The van der Waals surface area contributed by atoms with Crippen LogP contribution in [0.4, 0.5) is 5.69 Å². The summed E-state index contributed by atoms with van der Waals surface area (Å²) in [6, 6.07) is 18.8. The van der Waals surface area contributed by atoms with Crippen LogP contribution in [0.3, 0.4) is 0 Å². The van der Waals surface area contributed by atoms with Crippen molar-refractivity contribution in [3.05, 3.63) is 123 Å². The van der Waals surface area contributed by atoms with Crippen LogP contribution in [0.1, 0.15) is 27.8 Å². The lowest BCUT2D eigenvalue weighted by Crippen LogP contribution is -2.30. The summed E-state index contributed by atoms with van der Waals surface area (Å²) >= 11 is 9.73. The smallest absolute Gasteiger partial charge is 0.180 e. The summed E-state index contributed by atoms with van der Waals surface area (Å²) < 4.78 is 7.00. The molecule has 4 nitrogen and oxygen atoms in total. The lowest BCUT2D eigenvalue weighted by atomic mass is 9.77. The number of terminal acetylenes is 1. The summed E-state index contributed by atoms with van der Waals surface area (Å²) in [7, 11) is 0. The Labute approximate surface area is 223 Å². The second-order valence-electron chi connectivity index (χ2n) is 8.44. The minimum Gasteiger partial charge on any atom is -0.489 e. The topological polar surface area (TPSA) is 54.2 Å². The van der Waals surface area contributed by atoms with E-state index in [0.29, 0.717) is 51.5 Å². The van der Waals surface area contributed by atoms with E-state index in [1.807, 2.05) is 48.5 Å². The van der Waals surface area contributed by atoms with Gasteiger partial charge in [-0.2, -0.15) is 0 Å². The molecule has 6 heteroatoms. The Hall–Kier alpha value is -3.69. The van der Waals surface area contributed by atoms with Gasteiger partial charge in [-0.1, -0.05) is 65.0 Å². The number of benzene rings is 3. The molecule has 2 aliphatic heterocycles. The molecule has 0 amide bonds. The van der Waals surface area contributed by atoms with Crippen molar-refractivity contribution in [3.8, 4) is 18.1 Å². The van der Waals surface area contributed by atoms with Gasteiger partial charge in [-0.15, -0.1) is 6.42 Å². The van der Waals surface area contributed by atoms with E-state index >= 15 is 0 Å².